The van der Waals surface area contributed by atoms with Gasteiger partial charge in [0, 0.05) is 66.4 Å². The van der Waals surface area contributed by atoms with Crippen LogP contribution in [0.25, 0.3) is 82.5 Å². The molecule has 0 N–H and O–H groups in total. The average Bonchev–Trinajstić information content (AvgIpc) is 0.878. The second-order valence-electron chi connectivity index (χ2n) is 22.7. The van der Waals surface area contributed by atoms with E-state index in [0.29, 0.717) is 0 Å². The summed E-state index contributed by atoms with van der Waals surface area (Å²) in [5.74, 6) is 0. The van der Waals surface area contributed by atoms with Gasteiger partial charge in [0.2, 0.25) is 0 Å². The minimum Gasteiger partial charge on any atom is -0.311 e. The molecule has 392 valence electrons. The molecule has 0 fully saturated rings. The van der Waals surface area contributed by atoms with Gasteiger partial charge in [0.15, 0.2) is 16.1 Å². The number of rotatable bonds is 7. The number of benzene rings is 13. The van der Waals surface area contributed by atoms with Crippen molar-refractivity contribution < 1.29 is 0 Å². The Morgan fingerprint density at radius 1 is 0.202 bits per heavy atom. The maximum absolute atomic E-state index is 3.23. The third kappa shape index (κ3) is 6.30. The SMILES string of the molecule is c1ccc([Si]2(c3ccccc3)c3ccccc3N3c4ccccc4[Si](c4ccccc4)(c4ccccc4)c4cc(-n5c6ccc(-n7c8ccccc8c8ccccc87)cc6c6cc(-n7c8ccccc8c8ccccc87)ccc65)cc2c43)cc1. The molecule has 2 aliphatic heterocycles. The highest BCUT2D eigenvalue weighted by Crippen LogP contribution is 2.44. The zero-order chi connectivity index (χ0) is 55.1. The lowest BCUT2D eigenvalue weighted by Crippen LogP contribution is -2.82. The van der Waals surface area contributed by atoms with Crippen molar-refractivity contribution in [2.24, 2.45) is 0 Å². The summed E-state index contributed by atoms with van der Waals surface area (Å²) in [6.07, 6.45) is 0. The Hall–Kier alpha value is -10.5. The smallest absolute Gasteiger partial charge is 0.184 e. The number of para-hydroxylation sites is 6. The summed E-state index contributed by atoms with van der Waals surface area (Å²) in [4.78, 5) is 2.68. The Morgan fingerprint density at radius 3 is 0.845 bits per heavy atom. The summed E-state index contributed by atoms with van der Waals surface area (Å²) in [6.45, 7) is 0. The summed E-state index contributed by atoms with van der Waals surface area (Å²) >= 11 is 0. The predicted molar refractivity (Wildman–Crippen MR) is 358 cm³/mol. The molecule has 0 spiro atoms. The first-order chi connectivity index (χ1) is 41.7. The maximum Gasteiger partial charge on any atom is 0.184 e. The highest BCUT2D eigenvalue weighted by atomic mass is 28.3. The van der Waals surface area contributed by atoms with Crippen molar-refractivity contribution in [3.63, 3.8) is 0 Å². The maximum atomic E-state index is 2.68. The van der Waals surface area contributed by atoms with Gasteiger partial charge in [-0.1, -0.05) is 231 Å². The van der Waals surface area contributed by atoms with Gasteiger partial charge >= 0.3 is 0 Å². The number of hydrogen-bond donors (Lipinski definition) is 0. The zero-order valence-electron chi connectivity index (χ0n) is 45.8. The van der Waals surface area contributed by atoms with Crippen LogP contribution in [0.1, 0.15) is 0 Å². The van der Waals surface area contributed by atoms with Gasteiger partial charge in [-0.3, -0.25) is 0 Å². The van der Waals surface area contributed by atoms with Crippen LogP contribution in [0.5, 0.6) is 0 Å². The second kappa shape index (κ2) is 18.0. The van der Waals surface area contributed by atoms with Crippen LogP contribution >= 0.6 is 0 Å². The van der Waals surface area contributed by atoms with Crippen LogP contribution < -0.4 is 46.4 Å². The van der Waals surface area contributed by atoms with E-state index in [0.717, 1.165) is 28.1 Å². The van der Waals surface area contributed by atoms with E-state index in [4.69, 9.17) is 0 Å². The molecule has 84 heavy (non-hydrogen) atoms. The monoisotopic (exact) mass is 1100 g/mol. The molecular formula is C78H52N4Si2. The van der Waals surface area contributed by atoms with E-state index in [1.807, 2.05) is 0 Å². The molecular weight excluding hydrogens is 1050 g/mol. The molecule has 0 saturated carbocycles. The van der Waals surface area contributed by atoms with E-state index in [2.05, 4.69) is 334 Å². The number of fused-ring (bicyclic) bond motifs is 13. The normalized spacial score (nSPS) is 13.9. The van der Waals surface area contributed by atoms with E-state index < -0.39 is 16.1 Å². The molecule has 2 aliphatic rings. The lowest BCUT2D eigenvalue weighted by atomic mass is 10.1. The third-order valence-corrected chi connectivity index (χ3v) is 28.4. The molecule has 0 amide bonds. The Morgan fingerprint density at radius 2 is 0.488 bits per heavy atom. The third-order valence-electron chi connectivity index (χ3n) is 18.7. The fourth-order valence-electron chi connectivity index (χ4n) is 15.5. The molecule has 18 rings (SSSR count). The highest BCUT2D eigenvalue weighted by molar-refractivity contribution is 7.24. The molecule has 13 aromatic carbocycles. The van der Waals surface area contributed by atoms with Crippen LogP contribution in [-0.2, 0) is 0 Å². The molecule has 5 heterocycles. The van der Waals surface area contributed by atoms with Gasteiger partial charge in [-0.05, 0) is 126 Å². The van der Waals surface area contributed by atoms with Crippen molar-refractivity contribution >= 4 is 140 Å². The Bertz CT molecular complexity index is 4820. The number of hydrogen-bond acceptors (Lipinski definition) is 1. The van der Waals surface area contributed by atoms with Crippen LogP contribution in [0.15, 0.2) is 315 Å². The quantitative estimate of drug-likeness (QED) is 0.145. The van der Waals surface area contributed by atoms with Crippen LogP contribution in [0.3, 0.4) is 0 Å². The second-order valence-corrected chi connectivity index (χ2v) is 30.2. The minimum atomic E-state index is -3.23. The molecule has 0 bridgehead atoms. The molecule has 6 heteroatoms. The van der Waals surface area contributed by atoms with E-state index in [9.17, 15) is 0 Å². The topological polar surface area (TPSA) is 18.0 Å². The van der Waals surface area contributed by atoms with Gasteiger partial charge in [-0.15, -0.1) is 0 Å². The Kier molecular flexibility index (Phi) is 10.1. The first-order valence-electron chi connectivity index (χ1n) is 29.2. The molecule has 0 unspecified atom stereocenters. The number of nitrogens with zero attached hydrogens (tertiary/aromatic N) is 4. The fourth-order valence-corrected chi connectivity index (χ4v) is 25.9. The van der Waals surface area contributed by atoms with Crippen LogP contribution in [0.4, 0.5) is 17.1 Å². The van der Waals surface area contributed by atoms with E-state index >= 15 is 0 Å². The molecule has 3 aromatic heterocycles. The summed E-state index contributed by atoms with van der Waals surface area (Å²) in [6, 6.07) is 120. The van der Waals surface area contributed by atoms with Crippen molar-refractivity contribution in [1.29, 1.82) is 0 Å². The van der Waals surface area contributed by atoms with Crippen molar-refractivity contribution in [3.05, 3.63) is 315 Å². The predicted octanol–water partition coefficient (Wildman–Crippen LogP) is 13.8. The molecule has 0 aliphatic carbocycles. The summed E-state index contributed by atoms with van der Waals surface area (Å²) in [5, 5.41) is 18.4. The lowest BCUT2D eigenvalue weighted by Gasteiger charge is -2.52. The molecule has 0 atom stereocenters. The van der Waals surface area contributed by atoms with E-state index in [-0.39, 0.29) is 0 Å². The molecule has 0 radical (unpaired) electrons. The fraction of sp³-hybridized carbons (Fsp3) is 0. The van der Waals surface area contributed by atoms with Gasteiger partial charge in [0.05, 0.1) is 33.1 Å². The van der Waals surface area contributed by atoms with Crippen LogP contribution in [-0.4, -0.2) is 29.8 Å². The average molecular weight is 1100 g/mol. The summed E-state index contributed by atoms with van der Waals surface area (Å²) < 4.78 is 7.56. The summed E-state index contributed by atoms with van der Waals surface area (Å²) in [7, 11) is -6.46. The van der Waals surface area contributed by atoms with Gasteiger partial charge < -0.3 is 18.6 Å². The van der Waals surface area contributed by atoms with E-state index in [1.54, 1.807) is 0 Å². The van der Waals surface area contributed by atoms with Crippen LogP contribution in [0.2, 0.25) is 0 Å². The van der Waals surface area contributed by atoms with Gasteiger partial charge in [0.1, 0.15) is 0 Å². The van der Waals surface area contributed by atoms with Crippen molar-refractivity contribution in [1.82, 2.24) is 13.7 Å². The van der Waals surface area contributed by atoms with Crippen molar-refractivity contribution in [2.75, 3.05) is 4.90 Å². The minimum absolute atomic E-state index is 1.13. The zero-order valence-corrected chi connectivity index (χ0v) is 47.8. The van der Waals surface area contributed by atoms with Crippen molar-refractivity contribution in [3.8, 4) is 17.1 Å². The Balaban J connectivity index is 1.03. The highest BCUT2D eigenvalue weighted by Gasteiger charge is 2.56. The Labute approximate surface area is 488 Å². The van der Waals surface area contributed by atoms with E-state index in [1.165, 1.54) is 113 Å². The van der Waals surface area contributed by atoms with Gasteiger partial charge in [-0.25, -0.2) is 0 Å². The van der Waals surface area contributed by atoms with Gasteiger partial charge in [0.25, 0.3) is 0 Å². The first-order valence-corrected chi connectivity index (χ1v) is 33.2. The first kappa shape index (κ1) is 47.2. The van der Waals surface area contributed by atoms with Crippen molar-refractivity contribution in [2.45, 2.75) is 0 Å². The van der Waals surface area contributed by atoms with Gasteiger partial charge in [-0.2, -0.15) is 0 Å². The molecule has 16 aromatic rings. The molecule has 0 saturated heterocycles. The standard InChI is InChI=1S/C78H52N4Si2/c1-5-25-56(26-6-1)83(57-27-7-2-8-28-57)74-43-23-21-41-72(74)82-73-42-22-24-44-75(73)84(58-29-9-3-10-30-58,59-31-11-4-12-32-59)77-52-55(51-76(83)78(77)82)81-70-47-45-53(79-66-37-17-13-33-60(66)61-34-14-18-38-67(61)79)49-64(70)65-50-54(46-48-71(65)81)80-68-39-19-15-35-62(68)63-36-16-20-40-69(63)80/h1-52H. The molecule has 4 nitrogen and oxygen atoms in total. The number of aromatic nitrogens is 3. The van der Waals surface area contributed by atoms with Crippen LogP contribution in [0, 0.1) is 0 Å². The largest absolute Gasteiger partial charge is 0.311 e. The lowest BCUT2D eigenvalue weighted by molar-refractivity contribution is 1.16. The number of anilines is 3. The summed E-state index contributed by atoms with van der Waals surface area (Å²) in [5.41, 5.74) is 14.3.